The number of rotatable bonds is 10. The van der Waals surface area contributed by atoms with Crippen LogP contribution in [0.5, 0.6) is 11.5 Å². The Balaban J connectivity index is 1.92. The maximum absolute atomic E-state index is 12.3. The van der Waals surface area contributed by atoms with Crippen molar-refractivity contribution in [2.24, 2.45) is 0 Å². The highest BCUT2D eigenvalue weighted by Crippen LogP contribution is 2.28. The number of carbonyl (C=O) groups is 1. The van der Waals surface area contributed by atoms with Crippen molar-refractivity contribution in [2.75, 3.05) is 32.6 Å². The molecule has 0 heterocycles. The minimum Gasteiger partial charge on any atom is -0.494 e. The third-order valence-corrected chi connectivity index (χ3v) is 3.83. The number of amides is 1. The quantitative estimate of drug-likeness (QED) is 0.383. The van der Waals surface area contributed by atoms with Crippen LogP contribution in [0.15, 0.2) is 55.1 Å². The normalized spacial score (nSPS) is 10.4. The number of hydrogen-bond donors (Lipinski definition) is 1. The number of nitro benzene ring substituents is 1. The Bertz CT molecular complexity index is 836. The fourth-order valence-electron chi connectivity index (χ4n) is 2.55. The van der Waals surface area contributed by atoms with Crippen molar-refractivity contribution in [1.29, 1.82) is 0 Å². The monoisotopic (exact) mass is 385 g/mol. The van der Waals surface area contributed by atoms with Gasteiger partial charge < -0.3 is 14.8 Å². The summed E-state index contributed by atoms with van der Waals surface area (Å²) in [6, 6.07) is 11.7. The van der Waals surface area contributed by atoms with Gasteiger partial charge in [0.1, 0.15) is 18.1 Å². The van der Waals surface area contributed by atoms with E-state index in [4.69, 9.17) is 9.47 Å². The molecule has 8 nitrogen and oxygen atoms in total. The van der Waals surface area contributed by atoms with Gasteiger partial charge in [0.2, 0.25) is 5.91 Å². The van der Waals surface area contributed by atoms with E-state index in [1.54, 1.807) is 6.08 Å². The lowest BCUT2D eigenvalue weighted by Crippen LogP contribution is -2.29. The first-order valence-corrected chi connectivity index (χ1v) is 8.56. The van der Waals surface area contributed by atoms with Crippen molar-refractivity contribution in [1.82, 2.24) is 4.90 Å². The second-order valence-electron chi connectivity index (χ2n) is 6.11. The Hall–Kier alpha value is -3.39. The predicted molar refractivity (Wildman–Crippen MR) is 107 cm³/mol. The summed E-state index contributed by atoms with van der Waals surface area (Å²) < 4.78 is 10.6. The van der Waals surface area contributed by atoms with Gasteiger partial charge >= 0.3 is 0 Å². The highest BCUT2D eigenvalue weighted by Gasteiger charge is 2.14. The molecule has 0 saturated heterocycles. The molecular formula is C20H23N3O5. The lowest BCUT2D eigenvalue weighted by molar-refractivity contribution is -0.384. The molecule has 0 bridgehead atoms. The van der Waals surface area contributed by atoms with Crippen LogP contribution in [0, 0.1) is 10.1 Å². The largest absolute Gasteiger partial charge is 0.494 e. The van der Waals surface area contributed by atoms with E-state index >= 15 is 0 Å². The topological polar surface area (TPSA) is 93.9 Å². The Morgan fingerprint density at radius 2 is 2.00 bits per heavy atom. The summed E-state index contributed by atoms with van der Waals surface area (Å²) in [5.41, 5.74) is 1.32. The summed E-state index contributed by atoms with van der Waals surface area (Å²) in [6.07, 6.45) is 1.68. The average molecular weight is 385 g/mol. The second kappa shape index (κ2) is 10.1. The van der Waals surface area contributed by atoms with E-state index in [9.17, 15) is 14.9 Å². The molecule has 2 rings (SSSR count). The summed E-state index contributed by atoms with van der Waals surface area (Å²) in [5.74, 6) is 0.746. The molecule has 2 aromatic carbocycles. The third kappa shape index (κ3) is 6.10. The van der Waals surface area contributed by atoms with Crippen molar-refractivity contribution >= 4 is 17.3 Å². The van der Waals surface area contributed by atoms with E-state index in [1.165, 1.54) is 25.3 Å². The lowest BCUT2D eigenvalue weighted by atomic mass is 10.2. The molecule has 8 heteroatoms. The van der Waals surface area contributed by atoms with E-state index in [0.717, 1.165) is 11.3 Å². The first-order chi connectivity index (χ1) is 13.4. The highest BCUT2D eigenvalue weighted by atomic mass is 16.6. The number of nitro groups is 1. The number of non-ortho nitro benzene ring substituents is 1. The number of carbonyl (C=O) groups excluding carboxylic acids is 1. The van der Waals surface area contributed by atoms with Gasteiger partial charge in [-0.1, -0.05) is 24.8 Å². The van der Waals surface area contributed by atoms with Crippen molar-refractivity contribution in [3.63, 3.8) is 0 Å². The van der Waals surface area contributed by atoms with E-state index in [1.807, 2.05) is 36.2 Å². The van der Waals surface area contributed by atoms with Crippen LogP contribution in [0.25, 0.3) is 0 Å². The van der Waals surface area contributed by atoms with Gasteiger partial charge in [0.05, 0.1) is 30.3 Å². The van der Waals surface area contributed by atoms with Gasteiger partial charge in [-0.05, 0) is 30.8 Å². The van der Waals surface area contributed by atoms with Gasteiger partial charge in [-0.15, -0.1) is 0 Å². The fourth-order valence-corrected chi connectivity index (χ4v) is 2.55. The maximum atomic E-state index is 12.3. The van der Waals surface area contributed by atoms with Gasteiger partial charge in [0.15, 0.2) is 0 Å². The molecule has 0 aliphatic heterocycles. The number of likely N-dealkylation sites (N-methyl/N-ethyl adjacent to an activating group) is 1. The molecule has 28 heavy (non-hydrogen) atoms. The molecule has 1 amide bonds. The lowest BCUT2D eigenvalue weighted by Gasteiger charge is -2.17. The Morgan fingerprint density at radius 3 is 2.61 bits per heavy atom. The zero-order valence-electron chi connectivity index (χ0n) is 15.9. The van der Waals surface area contributed by atoms with E-state index in [0.29, 0.717) is 18.8 Å². The standard InChI is InChI=1S/C20H23N3O5/c1-4-11-28-17-8-5-15(6-9-17)13-22(2)14-20(24)21-18-10-7-16(23(25)26)12-19(18)27-3/h4-10,12H,1,11,13-14H2,2-3H3,(H,21,24). The average Bonchev–Trinajstić information content (AvgIpc) is 2.67. The number of benzene rings is 2. The molecule has 0 aromatic heterocycles. The Morgan fingerprint density at radius 1 is 1.29 bits per heavy atom. The van der Waals surface area contributed by atoms with E-state index in [-0.39, 0.29) is 23.9 Å². The van der Waals surface area contributed by atoms with Crippen LogP contribution in [0.2, 0.25) is 0 Å². The van der Waals surface area contributed by atoms with Crippen LogP contribution >= 0.6 is 0 Å². The molecule has 0 spiro atoms. The minimum absolute atomic E-state index is 0.104. The number of nitrogens with one attached hydrogen (secondary N) is 1. The number of ether oxygens (including phenoxy) is 2. The van der Waals surface area contributed by atoms with Crippen molar-refractivity contribution in [3.05, 3.63) is 70.8 Å². The van der Waals surface area contributed by atoms with Crippen molar-refractivity contribution < 1.29 is 19.2 Å². The molecule has 0 aliphatic carbocycles. The maximum Gasteiger partial charge on any atom is 0.273 e. The zero-order valence-corrected chi connectivity index (χ0v) is 15.9. The summed E-state index contributed by atoms with van der Waals surface area (Å²) in [7, 11) is 3.22. The van der Waals surface area contributed by atoms with Crippen LogP contribution in [0.1, 0.15) is 5.56 Å². The number of nitrogens with zero attached hydrogens (tertiary/aromatic N) is 2. The van der Waals surface area contributed by atoms with Crippen molar-refractivity contribution in [3.8, 4) is 11.5 Å². The number of anilines is 1. The van der Waals surface area contributed by atoms with Crippen LogP contribution < -0.4 is 14.8 Å². The van der Waals surface area contributed by atoms with Crippen LogP contribution in [-0.2, 0) is 11.3 Å². The molecular weight excluding hydrogens is 362 g/mol. The van der Waals surface area contributed by atoms with Crippen molar-refractivity contribution in [2.45, 2.75) is 6.54 Å². The predicted octanol–water partition coefficient (Wildman–Crippen LogP) is 3.24. The number of methoxy groups -OCH3 is 1. The van der Waals surface area contributed by atoms with E-state index < -0.39 is 4.92 Å². The smallest absolute Gasteiger partial charge is 0.273 e. The summed E-state index contributed by atoms with van der Waals surface area (Å²) in [4.78, 5) is 24.5. The van der Waals surface area contributed by atoms with Crippen LogP contribution in [-0.4, -0.2) is 43.0 Å². The molecule has 148 valence electrons. The van der Waals surface area contributed by atoms with Gasteiger partial charge in [0, 0.05) is 12.6 Å². The molecule has 0 unspecified atom stereocenters. The molecule has 0 saturated carbocycles. The second-order valence-corrected chi connectivity index (χ2v) is 6.11. The minimum atomic E-state index is -0.518. The number of hydrogen-bond acceptors (Lipinski definition) is 6. The molecule has 0 atom stereocenters. The van der Waals surface area contributed by atoms with Crippen LogP contribution in [0.3, 0.4) is 0 Å². The van der Waals surface area contributed by atoms with Crippen LogP contribution in [0.4, 0.5) is 11.4 Å². The fraction of sp³-hybridized carbons (Fsp3) is 0.250. The Labute approximate surface area is 163 Å². The molecule has 0 fully saturated rings. The SMILES string of the molecule is C=CCOc1ccc(CN(C)CC(=O)Nc2ccc([N+](=O)[O-])cc2OC)cc1. The summed E-state index contributed by atoms with van der Waals surface area (Å²) in [5, 5.41) is 13.6. The summed E-state index contributed by atoms with van der Waals surface area (Å²) >= 11 is 0. The molecule has 2 aromatic rings. The van der Waals surface area contributed by atoms with Gasteiger partial charge in [-0.25, -0.2) is 0 Å². The third-order valence-electron chi connectivity index (χ3n) is 3.83. The Kier molecular flexibility index (Phi) is 7.53. The summed E-state index contributed by atoms with van der Waals surface area (Å²) in [6.45, 7) is 4.78. The zero-order chi connectivity index (χ0) is 20.5. The highest BCUT2D eigenvalue weighted by molar-refractivity contribution is 5.93. The first-order valence-electron chi connectivity index (χ1n) is 8.56. The molecule has 1 N–H and O–H groups in total. The van der Waals surface area contributed by atoms with Gasteiger partial charge in [0.25, 0.3) is 5.69 Å². The molecule has 0 radical (unpaired) electrons. The van der Waals surface area contributed by atoms with Gasteiger partial charge in [-0.2, -0.15) is 0 Å². The molecule has 0 aliphatic rings. The van der Waals surface area contributed by atoms with Gasteiger partial charge in [-0.3, -0.25) is 19.8 Å². The first kappa shape index (κ1) is 20.9. The van der Waals surface area contributed by atoms with E-state index in [2.05, 4.69) is 11.9 Å².